The number of likely N-dealkylation sites (N-methyl/N-ethyl adjacent to an activating group) is 2. The lowest BCUT2D eigenvalue weighted by molar-refractivity contribution is -0.296. The first-order chi connectivity index (χ1) is 20.1. The van der Waals surface area contributed by atoms with Crippen molar-refractivity contribution in [2.45, 2.75) is 142 Å². The first-order valence-electron chi connectivity index (χ1n) is 15.9. The first-order valence-corrected chi connectivity index (χ1v) is 15.9. The van der Waals surface area contributed by atoms with Crippen LogP contribution in [0, 0.1) is 17.8 Å². The maximum absolute atomic E-state index is 13.9. The molecular formula is C32H58N2O10. The highest BCUT2D eigenvalue weighted by molar-refractivity contribution is 6.00. The average Bonchev–Trinajstić information content (AvgIpc) is 2.91. The molecule has 0 bridgehead atoms. The van der Waals surface area contributed by atoms with Crippen molar-refractivity contribution in [2.75, 3.05) is 27.7 Å². The molecule has 13 atom stereocenters. The van der Waals surface area contributed by atoms with Gasteiger partial charge in [0, 0.05) is 25.4 Å². The fraction of sp³-hybridized carbons (Fsp3) is 0.906. The van der Waals surface area contributed by atoms with E-state index in [9.17, 15) is 29.7 Å². The van der Waals surface area contributed by atoms with Gasteiger partial charge in [-0.3, -0.25) is 14.4 Å². The molecule has 0 amide bonds. The predicted molar refractivity (Wildman–Crippen MR) is 163 cm³/mol. The Morgan fingerprint density at radius 2 is 1.70 bits per heavy atom. The van der Waals surface area contributed by atoms with Gasteiger partial charge in [0.2, 0.25) is 0 Å². The highest BCUT2D eigenvalue weighted by atomic mass is 16.7. The summed E-state index contributed by atoms with van der Waals surface area (Å²) < 4.78 is 24.0. The second-order valence-electron chi connectivity index (χ2n) is 14.0. The Hall–Kier alpha value is -1.67. The Morgan fingerprint density at radius 1 is 1.11 bits per heavy atom. The number of cyclic esters (lactones) is 1. The fourth-order valence-electron chi connectivity index (χ4n) is 6.89. The van der Waals surface area contributed by atoms with Gasteiger partial charge in [-0.15, -0.1) is 0 Å². The van der Waals surface area contributed by atoms with E-state index in [1.165, 1.54) is 20.8 Å². The molecule has 2 aliphatic rings. The van der Waals surface area contributed by atoms with Crippen LogP contribution in [0.4, 0.5) is 0 Å². The molecule has 0 aliphatic carbocycles. The van der Waals surface area contributed by atoms with Crippen molar-refractivity contribution < 1.29 is 48.7 Å². The van der Waals surface area contributed by atoms with E-state index in [1.54, 1.807) is 27.7 Å². The molecule has 0 aromatic rings. The lowest BCUT2D eigenvalue weighted by Gasteiger charge is -2.46. The van der Waals surface area contributed by atoms with Crippen LogP contribution in [0.2, 0.25) is 0 Å². The molecule has 0 spiro atoms. The number of Topliss-reactive ketones (excluding diaryl/α,β-unsaturated/α-hetero) is 1. The van der Waals surface area contributed by atoms with Crippen molar-refractivity contribution in [1.29, 1.82) is 0 Å². The number of hydrogen-bond acceptors (Lipinski definition) is 12. The van der Waals surface area contributed by atoms with Crippen LogP contribution in [0.25, 0.3) is 0 Å². The molecule has 2 rings (SSSR count). The third kappa shape index (κ3) is 8.98. The van der Waals surface area contributed by atoms with Crippen molar-refractivity contribution in [3.05, 3.63) is 0 Å². The number of ketones is 1. The largest absolute Gasteiger partial charge is 0.459 e. The van der Waals surface area contributed by atoms with Gasteiger partial charge in [-0.2, -0.15) is 0 Å². The van der Waals surface area contributed by atoms with Crippen LogP contribution >= 0.6 is 0 Å². The number of aliphatic hydroxyl groups excluding tert-OH is 1. The number of hydrogen-bond donors (Lipinski definition) is 3. The van der Waals surface area contributed by atoms with Crippen LogP contribution in [-0.2, 0) is 33.3 Å². The molecule has 0 saturated carbocycles. The SMILES string of the molecule is CC[C@H]1OC(=O)[C@H](C)C(=O)[C@H](C)[C@@H](O[C@@H]2O[C@H](C)CC(N(C)C)[C@H]2OC(C)=O)[C@](C)(O)C[C@@H](C)CN(C)[C@H](C)[C@@H](O)[C@]1(C)O. The molecule has 12 heteroatoms. The smallest absolute Gasteiger partial charge is 0.316 e. The van der Waals surface area contributed by atoms with Gasteiger partial charge in [-0.05, 0) is 80.9 Å². The van der Waals surface area contributed by atoms with Gasteiger partial charge in [0.05, 0.1) is 23.9 Å². The van der Waals surface area contributed by atoms with Gasteiger partial charge in [0.25, 0.3) is 0 Å². The maximum Gasteiger partial charge on any atom is 0.316 e. The Morgan fingerprint density at radius 3 is 2.23 bits per heavy atom. The minimum atomic E-state index is -1.79. The molecule has 2 saturated heterocycles. The fourth-order valence-corrected chi connectivity index (χ4v) is 6.89. The molecule has 3 N–H and O–H groups in total. The van der Waals surface area contributed by atoms with Gasteiger partial charge >= 0.3 is 11.9 Å². The van der Waals surface area contributed by atoms with Gasteiger partial charge in [0.1, 0.15) is 23.7 Å². The Balaban J connectivity index is 2.60. The number of ether oxygens (including phenoxy) is 4. The van der Waals surface area contributed by atoms with Crippen LogP contribution in [0.1, 0.15) is 81.6 Å². The van der Waals surface area contributed by atoms with E-state index >= 15 is 0 Å². The minimum absolute atomic E-state index is 0.157. The van der Waals surface area contributed by atoms with Crippen LogP contribution in [0.5, 0.6) is 0 Å². The molecular weight excluding hydrogens is 572 g/mol. The van der Waals surface area contributed by atoms with Crippen LogP contribution < -0.4 is 0 Å². The van der Waals surface area contributed by atoms with Gasteiger partial charge < -0.3 is 44.1 Å². The highest BCUT2D eigenvalue weighted by Crippen LogP contribution is 2.36. The van der Waals surface area contributed by atoms with Gasteiger partial charge in [0.15, 0.2) is 18.2 Å². The molecule has 0 radical (unpaired) electrons. The van der Waals surface area contributed by atoms with Gasteiger partial charge in [-0.25, -0.2) is 0 Å². The zero-order chi connectivity index (χ0) is 33.9. The quantitative estimate of drug-likeness (QED) is 0.299. The normalized spacial score (nSPS) is 44.0. The van der Waals surface area contributed by atoms with Crippen LogP contribution in [0.3, 0.4) is 0 Å². The molecule has 44 heavy (non-hydrogen) atoms. The van der Waals surface area contributed by atoms with Crippen molar-refractivity contribution >= 4 is 17.7 Å². The second kappa shape index (κ2) is 15.3. The molecule has 2 aliphatic heterocycles. The van der Waals surface area contributed by atoms with E-state index in [2.05, 4.69) is 0 Å². The molecule has 1 unspecified atom stereocenters. The topological polar surface area (TPSA) is 155 Å². The Bertz CT molecular complexity index is 988. The Labute approximate surface area is 263 Å². The number of rotatable bonds is 5. The zero-order valence-corrected chi connectivity index (χ0v) is 28.8. The standard InChI is InChI=1S/C32H58N2O10/c1-13-24-32(9,40)27(37)21(6)34(12)16-17(2)15-31(8,39)28(19(4)25(36)20(5)29(38)43-24)44-30-26(42-22(7)35)23(33(10)11)14-18(3)41-30/h17-21,23-24,26-28,30,37,39-40H,13-16H2,1-12H3/t17-,18-,19+,20-,21-,23?,24-,26-,27-,28-,30+,31-,32-/m1/s1. The third-order valence-corrected chi connectivity index (χ3v) is 9.52. The molecule has 0 aromatic carbocycles. The average molecular weight is 631 g/mol. The zero-order valence-electron chi connectivity index (χ0n) is 28.8. The molecule has 0 aromatic heterocycles. The van der Waals surface area contributed by atoms with E-state index in [4.69, 9.17) is 18.9 Å². The number of carbonyl (C=O) groups is 3. The van der Waals surface area contributed by atoms with E-state index in [1.807, 2.05) is 44.8 Å². The summed E-state index contributed by atoms with van der Waals surface area (Å²) in [6, 6.07) is -0.788. The Kier molecular flexibility index (Phi) is 13.4. The van der Waals surface area contributed by atoms with Crippen molar-refractivity contribution in [1.82, 2.24) is 9.80 Å². The summed E-state index contributed by atoms with van der Waals surface area (Å²) in [4.78, 5) is 43.2. The molecule has 12 nitrogen and oxygen atoms in total. The molecule has 2 heterocycles. The monoisotopic (exact) mass is 630 g/mol. The lowest BCUT2D eigenvalue weighted by Crippen LogP contribution is -2.59. The van der Waals surface area contributed by atoms with Crippen molar-refractivity contribution in [3.8, 4) is 0 Å². The summed E-state index contributed by atoms with van der Waals surface area (Å²) in [7, 11) is 5.55. The van der Waals surface area contributed by atoms with E-state index in [0.29, 0.717) is 13.0 Å². The predicted octanol–water partition coefficient (Wildman–Crippen LogP) is 1.75. The number of aliphatic hydroxyl groups is 3. The summed E-state index contributed by atoms with van der Waals surface area (Å²) in [5.41, 5.74) is -3.40. The van der Waals surface area contributed by atoms with Crippen LogP contribution in [-0.4, -0.2) is 131 Å². The first kappa shape index (κ1) is 38.5. The third-order valence-electron chi connectivity index (χ3n) is 9.52. The van der Waals surface area contributed by atoms with E-state index in [0.717, 1.165) is 0 Å². The summed E-state index contributed by atoms with van der Waals surface area (Å²) in [5.74, 6) is -4.32. The molecule has 2 fully saturated rings. The minimum Gasteiger partial charge on any atom is -0.459 e. The molecule has 256 valence electrons. The highest BCUT2D eigenvalue weighted by Gasteiger charge is 2.50. The number of nitrogens with zero attached hydrogens (tertiary/aromatic N) is 2. The summed E-state index contributed by atoms with van der Waals surface area (Å²) >= 11 is 0. The summed E-state index contributed by atoms with van der Waals surface area (Å²) in [5, 5.41) is 34.6. The number of carbonyl (C=O) groups excluding carboxylic acids is 3. The van der Waals surface area contributed by atoms with Gasteiger partial charge in [-0.1, -0.05) is 20.8 Å². The summed E-state index contributed by atoms with van der Waals surface area (Å²) in [6.45, 7) is 15.1. The van der Waals surface area contributed by atoms with Crippen molar-refractivity contribution in [3.63, 3.8) is 0 Å². The summed E-state index contributed by atoms with van der Waals surface area (Å²) in [6.07, 6.45) is -4.76. The van der Waals surface area contributed by atoms with Crippen molar-refractivity contribution in [2.24, 2.45) is 17.8 Å². The second-order valence-corrected chi connectivity index (χ2v) is 14.0. The number of esters is 2. The van der Waals surface area contributed by atoms with E-state index in [-0.39, 0.29) is 30.9 Å². The van der Waals surface area contributed by atoms with E-state index < -0.39 is 77.5 Å². The maximum atomic E-state index is 13.9. The van der Waals surface area contributed by atoms with Crippen LogP contribution in [0.15, 0.2) is 0 Å². The lowest BCUT2D eigenvalue weighted by atomic mass is 9.78.